The van der Waals surface area contributed by atoms with Crippen molar-refractivity contribution in [1.29, 1.82) is 0 Å². The second kappa shape index (κ2) is 4.16. The summed E-state index contributed by atoms with van der Waals surface area (Å²) in [7, 11) is 1.67. The van der Waals surface area contributed by atoms with Crippen molar-refractivity contribution in [2.45, 2.75) is 51.0 Å². The molecule has 0 amide bonds. The summed E-state index contributed by atoms with van der Waals surface area (Å²) in [6, 6.07) is 3.75. The maximum atomic E-state index is 10.2. The Morgan fingerprint density at radius 3 is 2.39 bits per heavy atom. The van der Waals surface area contributed by atoms with Crippen LogP contribution in [0.2, 0.25) is 0 Å². The van der Waals surface area contributed by atoms with Gasteiger partial charge in [0.15, 0.2) is 0 Å². The fraction of sp³-hybridized carbons (Fsp3) is 0.600. The van der Waals surface area contributed by atoms with E-state index in [1.54, 1.807) is 7.11 Å². The van der Waals surface area contributed by atoms with Gasteiger partial charge in [-0.2, -0.15) is 0 Å². The lowest BCUT2D eigenvalue weighted by atomic mass is 9.85. The van der Waals surface area contributed by atoms with Gasteiger partial charge in [-0.1, -0.05) is 20.8 Å². The van der Waals surface area contributed by atoms with Crippen LogP contribution in [0.5, 0.6) is 11.5 Å². The summed E-state index contributed by atoms with van der Waals surface area (Å²) in [4.78, 5) is 0. The Hall–Kier alpha value is -1.22. The molecule has 0 saturated heterocycles. The Bertz CT molecular complexity index is 456. The number of rotatable bonds is 3. The molecule has 1 aliphatic carbocycles. The quantitative estimate of drug-likeness (QED) is 0.866. The van der Waals surface area contributed by atoms with E-state index in [9.17, 15) is 5.11 Å². The third kappa shape index (κ3) is 2.61. The number of hydrogen-bond acceptors (Lipinski definition) is 3. The van der Waals surface area contributed by atoms with Gasteiger partial charge in [0.1, 0.15) is 11.5 Å². The average Bonchev–Trinajstić information content (AvgIpc) is 2.94. The molecule has 2 rings (SSSR count). The van der Waals surface area contributed by atoms with Crippen LogP contribution >= 0.6 is 0 Å². The molecular formula is C15H23NO2. The molecule has 3 nitrogen and oxygen atoms in total. The van der Waals surface area contributed by atoms with Gasteiger partial charge in [-0.15, -0.1) is 0 Å². The van der Waals surface area contributed by atoms with Gasteiger partial charge in [-0.3, -0.25) is 0 Å². The summed E-state index contributed by atoms with van der Waals surface area (Å²) >= 11 is 0. The summed E-state index contributed by atoms with van der Waals surface area (Å²) in [5.74, 6) is 1.16. The summed E-state index contributed by atoms with van der Waals surface area (Å²) < 4.78 is 5.44. The van der Waals surface area contributed by atoms with Crippen molar-refractivity contribution in [2.75, 3.05) is 7.11 Å². The molecule has 100 valence electrons. The number of benzene rings is 1. The lowest BCUT2D eigenvalue weighted by Gasteiger charge is -2.23. The number of aromatic hydroxyl groups is 1. The molecule has 1 aromatic rings. The Balaban J connectivity index is 2.39. The minimum Gasteiger partial charge on any atom is -0.508 e. The lowest BCUT2D eigenvalue weighted by molar-refractivity contribution is 0.398. The van der Waals surface area contributed by atoms with Crippen molar-refractivity contribution in [2.24, 2.45) is 5.73 Å². The van der Waals surface area contributed by atoms with E-state index in [1.807, 2.05) is 12.1 Å². The van der Waals surface area contributed by atoms with Crippen LogP contribution in [0.4, 0.5) is 0 Å². The second-order valence-electron chi connectivity index (χ2n) is 6.47. The van der Waals surface area contributed by atoms with Crippen molar-refractivity contribution < 1.29 is 9.84 Å². The molecule has 1 aromatic carbocycles. The number of hydrogen-bond donors (Lipinski definition) is 2. The van der Waals surface area contributed by atoms with Crippen LogP contribution < -0.4 is 10.5 Å². The standard InChI is InChI=1S/C15H23NO2/c1-14(2,3)11-8-13(18-4)10(7-12(11)17)9-15(16)5-6-15/h7-8,17H,5-6,9,16H2,1-4H3. The molecule has 0 spiro atoms. The van der Waals surface area contributed by atoms with Crippen LogP contribution in [0, 0.1) is 0 Å². The number of phenolic OH excluding ortho intramolecular Hbond substituents is 1. The Morgan fingerprint density at radius 2 is 1.94 bits per heavy atom. The van der Waals surface area contributed by atoms with E-state index in [0.29, 0.717) is 5.75 Å². The SMILES string of the molecule is COc1cc(C(C)(C)C)c(O)cc1CC1(N)CC1. The number of ether oxygens (including phenoxy) is 1. The molecule has 0 bridgehead atoms. The normalized spacial score (nSPS) is 17.6. The molecule has 0 atom stereocenters. The average molecular weight is 249 g/mol. The molecule has 1 fully saturated rings. The molecule has 0 heterocycles. The first-order valence-corrected chi connectivity index (χ1v) is 6.44. The van der Waals surface area contributed by atoms with Crippen LogP contribution in [-0.2, 0) is 11.8 Å². The first kappa shape index (κ1) is 13.2. The van der Waals surface area contributed by atoms with Crippen molar-refractivity contribution >= 4 is 0 Å². The van der Waals surface area contributed by atoms with Gasteiger partial charge in [0.25, 0.3) is 0 Å². The van der Waals surface area contributed by atoms with Crippen molar-refractivity contribution in [3.8, 4) is 11.5 Å². The Morgan fingerprint density at radius 1 is 1.33 bits per heavy atom. The highest BCUT2D eigenvalue weighted by atomic mass is 16.5. The van der Waals surface area contributed by atoms with Gasteiger partial charge < -0.3 is 15.6 Å². The van der Waals surface area contributed by atoms with E-state index in [4.69, 9.17) is 10.5 Å². The van der Waals surface area contributed by atoms with Crippen molar-refractivity contribution in [1.82, 2.24) is 0 Å². The fourth-order valence-corrected chi connectivity index (χ4v) is 2.26. The predicted molar refractivity (Wildman–Crippen MR) is 73.2 cm³/mol. The van der Waals surface area contributed by atoms with E-state index in [2.05, 4.69) is 20.8 Å². The molecule has 0 aliphatic heterocycles. The van der Waals surface area contributed by atoms with Crippen LogP contribution in [0.1, 0.15) is 44.7 Å². The highest BCUT2D eigenvalue weighted by molar-refractivity contribution is 5.49. The maximum Gasteiger partial charge on any atom is 0.122 e. The van der Waals surface area contributed by atoms with E-state index >= 15 is 0 Å². The minimum absolute atomic E-state index is 0.0804. The van der Waals surface area contributed by atoms with E-state index < -0.39 is 0 Å². The summed E-state index contributed by atoms with van der Waals surface area (Å²) in [5, 5.41) is 10.2. The van der Waals surface area contributed by atoms with Gasteiger partial charge in [0.2, 0.25) is 0 Å². The highest BCUT2D eigenvalue weighted by Gasteiger charge is 2.39. The number of nitrogens with two attached hydrogens (primary N) is 1. The molecule has 1 aliphatic rings. The molecule has 18 heavy (non-hydrogen) atoms. The van der Waals surface area contributed by atoms with Crippen LogP contribution in [0.3, 0.4) is 0 Å². The van der Waals surface area contributed by atoms with E-state index in [0.717, 1.165) is 36.1 Å². The second-order valence-corrected chi connectivity index (χ2v) is 6.47. The molecule has 1 saturated carbocycles. The minimum atomic E-state index is -0.101. The van der Waals surface area contributed by atoms with Crippen molar-refractivity contribution in [3.05, 3.63) is 23.3 Å². The topological polar surface area (TPSA) is 55.5 Å². The zero-order valence-electron chi connectivity index (χ0n) is 11.7. The number of methoxy groups -OCH3 is 1. The first-order valence-electron chi connectivity index (χ1n) is 6.44. The van der Waals surface area contributed by atoms with Crippen LogP contribution in [0.15, 0.2) is 12.1 Å². The summed E-state index contributed by atoms with van der Waals surface area (Å²) in [6.45, 7) is 6.23. The van der Waals surface area contributed by atoms with Crippen LogP contribution in [-0.4, -0.2) is 17.8 Å². The Labute approximate surface area is 109 Å². The van der Waals surface area contributed by atoms with Crippen molar-refractivity contribution in [3.63, 3.8) is 0 Å². The van der Waals surface area contributed by atoms with Gasteiger partial charge in [-0.25, -0.2) is 0 Å². The largest absolute Gasteiger partial charge is 0.508 e. The summed E-state index contributed by atoms with van der Waals surface area (Å²) in [5.41, 5.74) is 7.87. The first-order chi connectivity index (χ1) is 8.25. The molecule has 0 unspecified atom stereocenters. The van der Waals surface area contributed by atoms with Gasteiger partial charge in [-0.05, 0) is 42.4 Å². The molecule has 0 radical (unpaired) electrons. The summed E-state index contributed by atoms with van der Waals surface area (Å²) in [6.07, 6.45) is 2.88. The van der Waals surface area contributed by atoms with Gasteiger partial charge in [0.05, 0.1) is 7.11 Å². The molecular weight excluding hydrogens is 226 g/mol. The third-order valence-corrected chi connectivity index (χ3v) is 3.64. The number of phenols is 1. The third-order valence-electron chi connectivity index (χ3n) is 3.64. The monoisotopic (exact) mass is 249 g/mol. The van der Waals surface area contributed by atoms with Gasteiger partial charge >= 0.3 is 0 Å². The fourth-order valence-electron chi connectivity index (χ4n) is 2.26. The molecule has 3 N–H and O–H groups in total. The molecule has 0 aromatic heterocycles. The maximum absolute atomic E-state index is 10.2. The highest BCUT2D eigenvalue weighted by Crippen LogP contribution is 2.41. The van der Waals surface area contributed by atoms with Crippen LogP contribution in [0.25, 0.3) is 0 Å². The van der Waals surface area contributed by atoms with E-state index in [-0.39, 0.29) is 11.0 Å². The Kier molecular flexibility index (Phi) is 3.06. The predicted octanol–water partition coefficient (Wildman–Crippen LogP) is 2.73. The van der Waals surface area contributed by atoms with E-state index in [1.165, 1.54) is 0 Å². The smallest absolute Gasteiger partial charge is 0.122 e. The zero-order valence-corrected chi connectivity index (χ0v) is 11.7. The van der Waals surface area contributed by atoms with Gasteiger partial charge in [0, 0.05) is 11.1 Å². The zero-order chi connectivity index (χ0) is 13.6. The lowest BCUT2D eigenvalue weighted by Crippen LogP contribution is -2.25. The molecule has 3 heteroatoms.